The monoisotopic (exact) mass is 890 g/mol. The number of fused-ring (bicyclic) bond motifs is 2. The molecule has 12 N–H and O–H groups in total. The lowest BCUT2D eigenvalue weighted by atomic mass is 9.43. The van der Waals surface area contributed by atoms with Gasteiger partial charge in [-0.25, -0.2) is 9.97 Å². The highest BCUT2D eigenvalue weighted by atomic mass is 16.5. The third kappa shape index (κ3) is 14.3. The fourth-order valence-electron chi connectivity index (χ4n) is 8.84. The van der Waals surface area contributed by atoms with Gasteiger partial charge in [0.05, 0.1) is 17.3 Å². The summed E-state index contributed by atoms with van der Waals surface area (Å²) in [6.07, 6.45) is 10.1. The molecule has 2 aromatic rings. The van der Waals surface area contributed by atoms with Crippen molar-refractivity contribution in [3.05, 3.63) is 47.8 Å². The minimum atomic E-state index is -1.09. The first-order valence-electron chi connectivity index (χ1n) is 23.2. The number of aliphatic hydroxyl groups is 1. The van der Waals surface area contributed by atoms with E-state index in [0.717, 1.165) is 37.7 Å². The average molecular weight is 890 g/mol. The van der Waals surface area contributed by atoms with Gasteiger partial charge in [-0.1, -0.05) is 51.5 Å². The number of nitrogens with one attached hydrogen (secondary N) is 5. The maximum Gasteiger partial charge on any atom is 0.316 e. The van der Waals surface area contributed by atoms with Gasteiger partial charge in [0.2, 0.25) is 23.6 Å². The minimum Gasteiger partial charge on any atom is -0.433 e. The molecule has 5 rings (SSSR count). The molecule has 18 heteroatoms. The van der Waals surface area contributed by atoms with Gasteiger partial charge in [0, 0.05) is 23.9 Å². The average Bonchev–Trinajstić information content (AvgIpc) is 3.26. The number of aromatic nitrogens is 2. The summed E-state index contributed by atoms with van der Waals surface area (Å²) in [7, 11) is 1.53. The fraction of sp³-hybridized carbons (Fsp3) is 0.674. The molecule has 353 valence electrons. The third-order valence-corrected chi connectivity index (χ3v) is 13.1. The molecule has 17 nitrogen and oxygen atoms in total. The molecule has 0 saturated heterocycles. The zero-order valence-electron chi connectivity index (χ0n) is 38.8. The van der Waals surface area contributed by atoms with Gasteiger partial charge in [0.1, 0.15) is 24.2 Å². The number of nitrogens with two attached hydrogens (primary N) is 3. The Morgan fingerprint density at radius 3 is 1.86 bits per heavy atom. The molecule has 2 bridgehead atoms. The second-order valence-electron chi connectivity index (χ2n) is 18.4. The highest BCUT2D eigenvalue weighted by Gasteiger charge is 2.63. The van der Waals surface area contributed by atoms with Crippen LogP contribution in [0.15, 0.2) is 36.7 Å². The number of amides is 5. The predicted octanol–water partition coefficient (Wildman–Crippen LogP) is 1.95. The molecule has 1 radical (unpaired) electrons. The number of hydrogen-bond donors (Lipinski definition) is 9. The first kappa shape index (κ1) is 52.1. The lowest BCUT2D eigenvalue weighted by Crippen LogP contribution is -2.67. The molecule has 1 heterocycles. The van der Waals surface area contributed by atoms with Crippen LogP contribution in [-0.4, -0.2) is 114 Å². The topological polar surface area (TPSA) is 279 Å². The van der Waals surface area contributed by atoms with Crippen LogP contribution in [0.3, 0.4) is 0 Å². The largest absolute Gasteiger partial charge is 0.433 e. The Bertz CT molecular complexity index is 1830. The van der Waals surface area contributed by atoms with E-state index >= 15 is 0 Å². The van der Waals surface area contributed by atoms with Crippen LogP contribution >= 0.6 is 0 Å². The number of carbonyl (C=O) groups is 5. The molecule has 64 heavy (non-hydrogen) atoms. The summed E-state index contributed by atoms with van der Waals surface area (Å²) in [4.78, 5) is 76.5. The van der Waals surface area contributed by atoms with Gasteiger partial charge in [0.25, 0.3) is 5.91 Å². The maximum atomic E-state index is 13.7. The van der Waals surface area contributed by atoms with Gasteiger partial charge >= 0.3 is 7.48 Å². The van der Waals surface area contributed by atoms with Crippen molar-refractivity contribution in [2.75, 3.05) is 19.6 Å². The summed E-state index contributed by atoms with van der Waals surface area (Å²) >= 11 is 0. The van der Waals surface area contributed by atoms with Gasteiger partial charge in [-0.2, -0.15) is 0 Å². The van der Waals surface area contributed by atoms with Crippen molar-refractivity contribution in [1.82, 2.24) is 36.6 Å². The molecular formula is C46H74BN10O7. The summed E-state index contributed by atoms with van der Waals surface area (Å²) in [6, 6.07) is 3.77. The smallest absolute Gasteiger partial charge is 0.316 e. The predicted molar refractivity (Wildman–Crippen MR) is 247 cm³/mol. The van der Waals surface area contributed by atoms with E-state index in [9.17, 15) is 29.1 Å². The van der Waals surface area contributed by atoms with E-state index in [2.05, 4.69) is 57.3 Å². The van der Waals surface area contributed by atoms with E-state index in [1.165, 1.54) is 32.4 Å². The van der Waals surface area contributed by atoms with Crippen molar-refractivity contribution in [3.8, 4) is 11.4 Å². The van der Waals surface area contributed by atoms with Crippen molar-refractivity contribution in [1.29, 1.82) is 0 Å². The molecule has 5 amide bonds. The Morgan fingerprint density at radius 2 is 1.31 bits per heavy atom. The molecule has 0 unspecified atom stereocenters. The highest BCUT2D eigenvalue weighted by Crippen LogP contribution is 2.63. The van der Waals surface area contributed by atoms with Crippen LogP contribution in [0.1, 0.15) is 128 Å². The van der Waals surface area contributed by atoms with Crippen LogP contribution < -0.4 is 43.8 Å². The van der Waals surface area contributed by atoms with Crippen LogP contribution in [0.2, 0.25) is 0 Å². The Balaban J connectivity index is 1.34. The van der Waals surface area contributed by atoms with Crippen molar-refractivity contribution in [2.24, 2.45) is 34.5 Å². The zero-order valence-corrected chi connectivity index (χ0v) is 38.8. The number of benzene rings is 1. The molecule has 9 atom stereocenters. The lowest BCUT2D eigenvalue weighted by Gasteiger charge is -2.65. The van der Waals surface area contributed by atoms with E-state index in [0.29, 0.717) is 56.9 Å². The number of aryl methyl sites for hydroxylation is 1. The number of rotatable bonds is 27. The van der Waals surface area contributed by atoms with Gasteiger partial charge in [-0.05, 0) is 134 Å². The Kier molecular flexibility index (Phi) is 20.1. The second-order valence-corrected chi connectivity index (χ2v) is 18.4. The Morgan fingerprint density at radius 1 is 0.750 bits per heavy atom. The zero-order chi connectivity index (χ0) is 47.0. The van der Waals surface area contributed by atoms with Gasteiger partial charge in [0.15, 0.2) is 5.82 Å². The van der Waals surface area contributed by atoms with Gasteiger partial charge < -0.3 is 53.5 Å². The van der Waals surface area contributed by atoms with Gasteiger partial charge in [-0.15, -0.1) is 0 Å². The molecular weight excluding hydrogens is 815 g/mol. The van der Waals surface area contributed by atoms with Crippen molar-refractivity contribution < 1.29 is 33.7 Å². The summed E-state index contributed by atoms with van der Waals surface area (Å²) < 4.78 is 6.07. The number of nitrogens with zero attached hydrogens (tertiary/aromatic N) is 2. The maximum absolute atomic E-state index is 13.7. The molecule has 1 aromatic heterocycles. The quantitative estimate of drug-likeness (QED) is 0.0460. The molecule has 3 aliphatic rings. The first-order chi connectivity index (χ1) is 30.5. The van der Waals surface area contributed by atoms with E-state index < -0.39 is 71.3 Å². The van der Waals surface area contributed by atoms with E-state index in [1.54, 1.807) is 6.92 Å². The molecule has 0 aliphatic heterocycles. The highest BCUT2D eigenvalue weighted by molar-refractivity contribution is 6.30. The SMILES string of the molecule is CCCCc1ccc(-c2ncc(C(=O)N[C@@H](CCN)C(=O)N[C@@H](CCCCN)C(=O)N[C@@H](C)C(=O)N[C@@H](CCCCN)C(=O)N[C@@H](C)[B]O[C@@H]3C[C@@H]4C[C@@H](C4(C)C)[C@]3(C)O)cn2)cc1. The number of unbranched alkanes of at least 4 members (excludes halogenated alkanes) is 3. The molecule has 3 aliphatic carbocycles. The minimum absolute atomic E-state index is 0.0494. The molecule has 1 aromatic carbocycles. The van der Waals surface area contributed by atoms with E-state index in [-0.39, 0.29) is 36.3 Å². The molecule has 3 saturated carbocycles. The normalized spacial score (nSPS) is 22.1. The van der Waals surface area contributed by atoms with E-state index in [4.69, 9.17) is 21.9 Å². The molecule has 0 spiro atoms. The van der Waals surface area contributed by atoms with Crippen LogP contribution in [0.4, 0.5) is 0 Å². The van der Waals surface area contributed by atoms with Crippen molar-refractivity contribution in [3.63, 3.8) is 0 Å². The van der Waals surface area contributed by atoms with Crippen LogP contribution in [-0.2, 0) is 30.3 Å². The van der Waals surface area contributed by atoms with Crippen molar-refractivity contribution in [2.45, 2.75) is 160 Å². The van der Waals surface area contributed by atoms with Crippen LogP contribution in [0, 0.1) is 17.3 Å². The van der Waals surface area contributed by atoms with Crippen molar-refractivity contribution >= 4 is 37.0 Å². The summed E-state index contributed by atoms with van der Waals surface area (Å²) in [5.74, 6) is -2.40. The number of carbonyl (C=O) groups excluding carboxylic acids is 5. The summed E-state index contributed by atoms with van der Waals surface area (Å²) in [5, 5.41) is 25.1. The first-order valence-corrected chi connectivity index (χ1v) is 23.2. The lowest BCUT2D eigenvalue weighted by molar-refractivity contribution is -0.239. The summed E-state index contributed by atoms with van der Waals surface area (Å²) in [5.41, 5.74) is 18.5. The van der Waals surface area contributed by atoms with Gasteiger partial charge in [-0.3, -0.25) is 24.0 Å². The third-order valence-electron chi connectivity index (χ3n) is 13.1. The fourth-order valence-corrected chi connectivity index (χ4v) is 8.84. The second kappa shape index (κ2) is 24.7. The Labute approximate surface area is 380 Å². The van der Waals surface area contributed by atoms with E-state index in [1.807, 2.05) is 31.2 Å². The molecule has 3 fully saturated rings. The van der Waals surface area contributed by atoms with Crippen LogP contribution in [0.25, 0.3) is 11.4 Å². The van der Waals surface area contributed by atoms with Crippen LogP contribution in [0.5, 0.6) is 0 Å². The summed E-state index contributed by atoms with van der Waals surface area (Å²) in [6.45, 7) is 12.4. The number of hydrogen-bond acceptors (Lipinski definition) is 12. The Hall–Kier alpha value is -4.49. The standard InChI is InChI=1S/C46H74BN10O7/c1-7-8-13-30-16-18-31(19-17-30)39-51-26-32(27-52-39)41(59)56-36(20-23-50)44(62)57-34(14-9-11-21-48)42(60)53-28(2)40(58)55-35(15-10-12-22-49)43(61)54-29(3)47-64-38-25-33-24-37(45(33,4)5)46(38,6)63/h16-19,26-29,33-38,63H,7-15,20-25,48-50H2,1-6H3,(H,53,60)(H,54,61)(H,55,58)(H,56,59)(H,57,62)/t28-,29-,33-,34-,35-,36-,37-,38+,46-/m0/s1.